The highest BCUT2D eigenvalue weighted by molar-refractivity contribution is 7.89. The van der Waals surface area contributed by atoms with Gasteiger partial charge in [-0.3, -0.25) is 0 Å². The highest BCUT2D eigenvalue weighted by Crippen LogP contribution is 2.25. The largest absolute Gasteiger partial charge is 0.216 e. The van der Waals surface area contributed by atoms with Crippen LogP contribution in [0.25, 0.3) is 0 Å². The first-order chi connectivity index (χ1) is 5.05. The summed E-state index contributed by atoms with van der Waals surface area (Å²) in [6.45, 7) is 0. The Kier molecular flexibility index (Phi) is 2.54. The Morgan fingerprint density at radius 3 is 2.00 bits per heavy atom. The molecule has 1 fully saturated rings. The molecule has 11 heavy (non-hydrogen) atoms. The van der Waals surface area contributed by atoms with Gasteiger partial charge in [0.25, 0.3) is 0 Å². The van der Waals surface area contributed by atoms with Crippen molar-refractivity contribution in [2.75, 3.05) is 14.1 Å². The van der Waals surface area contributed by atoms with E-state index in [1.807, 2.05) is 0 Å². The third-order valence-corrected chi connectivity index (χ3v) is 4.56. The first kappa shape index (κ1) is 9.00. The Labute approximate surface area is 68.4 Å². The Morgan fingerprint density at radius 1 is 1.18 bits per heavy atom. The van der Waals surface area contributed by atoms with Crippen LogP contribution < -0.4 is 0 Å². The van der Waals surface area contributed by atoms with E-state index in [-0.39, 0.29) is 5.25 Å². The molecule has 0 aromatic heterocycles. The van der Waals surface area contributed by atoms with Crippen LogP contribution in [0.15, 0.2) is 0 Å². The van der Waals surface area contributed by atoms with Gasteiger partial charge in [0.15, 0.2) is 0 Å². The summed E-state index contributed by atoms with van der Waals surface area (Å²) in [7, 11) is 0.266. The SMILES string of the molecule is CN(C)S(=O)(=O)C1CCCC1. The second-order valence-corrected chi connectivity index (χ2v) is 5.66. The summed E-state index contributed by atoms with van der Waals surface area (Å²) in [6.07, 6.45) is 3.83. The van der Waals surface area contributed by atoms with Crippen LogP contribution in [0.1, 0.15) is 25.7 Å². The van der Waals surface area contributed by atoms with Crippen molar-refractivity contribution in [3.63, 3.8) is 0 Å². The Balaban J connectivity index is 2.72. The Hall–Kier alpha value is -0.0900. The van der Waals surface area contributed by atoms with Crippen LogP contribution in [0.3, 0.4) is 0 Å². The van der Waals surface area contributed by atoms with Crippen LogP contribution in [-0.4, -0.2) is 32.1 Å². The fourth-order valence-corrected chi connectivity index (χ4v) is 3.01. The minimum absolute atomic E-state index is 0.0995. The standard InChI is InChI=1S/C7H15NO2S/c1-8(2)11(9,10)7-5-3-4-6-7/h7H,3-6H2,1-2H3. The molecule has 66 valence electrons. The topological polar surface area (TPSA) is 37.4 Å². The zero-order valence-electron chi connectivity index (χ0n) is 7.08. The van der Waals surface area contributed by atoms with Gasteiger partial charge in [0.05, 0.1) is 5.25 Å². The zero-order chi connectivity index (χ0) is 8.48. The fraction of sp³-hybridized carbons (Fsp3) is 1.00. The monoisotopic (exact) mass is 177 g/mol. The summed E-state index contributed by atoms with van der Waals surface area (Å²) < 4.78 is 24.3. The molecule has 0 bridgehead atoms. The maximum absolute atomic E-state index is 11.5. The molecule has 0 atom stereocenters. The third-order valence-electron chi connectivity index (χ3n) is 2.23. The van der Waals surface area contributed by atoms with Crippen molar-refractivity contribution in [2.24, 2.45) is 0 Å². The molecule has 0 aromatic carbocycles. The van der Waals surface area contributed by atoms with Gasteiger partial charge in [-0.2, -0.15) is 0 Å². The summed E-state index contributed by atoms with van der Waals surface area (Å²) in [5, 5.41) is -0.0995. The molecule has 0 saturated heterocycles. The van der Waals surface area contributed by atoms with Crippen molar-refractivity contribution in [3.8, 4) is 0 Å². The van der Waals surface area contributed by atoms with E-state index >= 15 is 0 Å². The predicted octanol–water partition coefficient (Wildman–Crippen LogP) is 0.820. The fourth-order valence-electron chi connectivity index (χ4n) is 1.48. The minimum Gasteiger partial charge on any atom is -0.212 e. The maximum Gasteiger partial charge on any atom is 0.216 e. The van der Waals surface area contributed by atoms with E-state index in [1.165, 1.54) is 4.31 Å². The van der Waals surface area contributed by atoms with Crippen LogP contribution in [0.5, 0.6) is 0 Å². The van der Waals surface area contributed by atoms with Crippen molar-refractivity contribution in [2.45, 2.75) is 30.9 Å². The molecule has 4 heteroatoms. The third kappa shape index (κ3) is 1.73. The van der Waals surface area contributed by atoms with Crippen LogP contribution in [-0.2, 0) is 10.0 Å². The van der Waals surface area contributed by atoms with Gasteiger partial charge >= 0.3 is 0 Å². The lowest BCUT2D eigenvalue weighted by atomic mass is 10.4. The highest BCUT2D eigenvalue weighted by atomic mass is 32.2. The summed E-state index contributed by atoms with van der Waals surface area (Å²) in [5.41, 5.74) is 0. The van der Waals surface area contributed by atoms with Gasteiger partial charge in [0.1, 0.15) is 0 Å². The Bertz CT molecular complexity index is 215. The molecule has 0 amide bonds. The first-order valence-corrected chi connectivity index (χ1v) is 5.47. The number of sulfonamides is 1. The molecule has 0 radical (unpaired) electrons. The van der Waals surface area contributed by atoms with Gasteiger partial charge in [0.2, 0.25) is 10.0 Å². The van der Waals surface area contributed by atoms with Crippen LogP contribution in [0.4, 0.5) is 0 Å². The van der Waals surface area contributed by atoms with E-state index in [0.717, 1.165) is 25.7 Å². The number of hydrogen-bond donors (Lipinski definition) is 0. The van der Waals surface area contributed by atoms with Crippen molar-refractivity contribution >= 4 is 10.0 Å². The van der Waals surface area contributed by atoms with Crippen molar-refractivity contribution in [1.29, 1.82) is 0 Å². The van der Waals surface area contributed by atoms with Crippen LogP contribution >= 0.6 is 0 Å². The molecule has 1 aliphatic rings. The van der Waals surface area contributed by atoms with Crippen LogP contribution in [0.2, 0.25) is 0 Å². The average molecular weight is 177 g/mol. The molecule has 1 saturated carbocycles. The summed E-state index contributed by atoms with van der Waals surface area (Å²) in [5.74, 6) is 0. The van der Waals surface area contributed by atoms with E-state index in [0.29, 0.717) is 0 Å². The van der Waals surface area contributed by atoms with Crippen molar-refractivity contribution in [3.05, 3.63) is 0 Å². The predicted molar refractivity (Wildman–Crippen MR) is 44.9 cm³/mol. The normalized spacial score (nSPS) is 21.4. The Morgan fingerprint density at radius 2 is 1.64 bits per heavy atom. The van der Waals surface area contributed by atoms with Gasteiger partial charge in [-0.05, 0) is 12.8 Å². The maximum atomic E-state index is 11.5. The smallest absolute Gasteiger partial charge is 0.212 e. The molecule has 1 aliphatic carbocycles. The van der Waals surface area contributed by atoms with Crippen LogP contribution in [0, 0.1) is 0 Å². The molecule has 1 rings (SSSR count). The first-order valence-electron chi connectivity index (χ1n) is 3.96. The molecule has 0 aromatic rings. The van der Waals surface area contributed by atoms with Gasteiger partial charge in [-0.1, -0.05) is 12.8 Å². The summed E-state index contributed by atoms with van der Waals surface area (Å²) >= 11 is 0. The molecule has 0 N–H and O–H groups in total. The van der Waals surface area contributed by atoms with Gasteiger partial charge in [-0.25, -0.2) is 12.7 Å². The summed E-state index contributed by atoms with van der Waals surface area (Å²) in [4.78, 5) is 0. The number of rotatable bonds is 2. The lowest BCUT2D eigenvalue weighted by Gasteiger charge is -2.16. The molecule has 0 spiro atoms. The molecule has 3 nitrogen and oxygen atoms in total. The van der Waals surface area contributed by atoms with E-state index < -0.39 is 10.0 Å². The lowest BCUT2D eigenvalue weighted by Crippen LogP contribution is -2.31. The second kappa shape index (κ2) is 3.11. The number of nitrogens with zero attached hydrogens (tertiary/aromatic N) is 1. The van der Waals surface area contributed by atoms with E-state index in [9.17, 15) is 8.42 Å². The quantitative estimate of drug-likeness (QED) is 0.626. The van der Waals surface area contributed by atoms with Crippen molar-refractivity contribution < 1.29 is 8.42 Å². The minimum atomic E-state index is -2.94. The molecular weight excluding hydrogens is 162 g/mol. The molecular formula is C7H15NO2S. The zero-order valence-corrected chi connectivity index (χ0v) is 7.89. The average Bonchev–Trinajstić information content (AvgIpc) is 2.37. The molecule has 0 aliphatic heterocycles. The molecule has 0 heterocycles. The van der Waals surface area contributed by atoms with Crippen molar-refractivity contribution in [1.82, 2.24) is 4.31 Å². The van der Waals surface area contributed by atoms with Gasteiger partial charge in [0, 0.05) is 14.1 Å². The van der Waals surface area contributed by atoms with E-state index in [4.69, 9.17) is 0 Å². The number of hydrogen-bond acceptors (Lipinski definition) is 2. The summed E-state index contributed by atoms with van der Waals surface area (Å²) in [6, 6.07) is 0. The highest BCUT2D eigenvalue weighted by Gasteiger charge is 2.29. The van der Waals surface area contributed by atoms with Gasteiger partial charge < -0.3 is 0 Å². The molecule has 0 unspecified atom stereocenters. The van der Waals surface area contributed by atoms with E-state index in [2.05, 4.69) is 0 Å². The second-order valence-electron chi connectivity index (χ2n) is 3.23. The van der Waals surface area contributed by atoms with E-state index in [1.54, 1.807) is 14.1 Å². The van der Waals surface area contributed by atoms with Gasteiger partial charge in [-0.15, -0.1) is 0 Å². The lowest BCUT2D eigenvalue weighted by molar-refractivity contribution is 0.505.